The summed E-state index contributed by atoms with van der Waals surface area (Å²) >= 11 is 0. The van der Waals surface area contributed by atoms with Crippen LogP contribution >= 0.6 is 0 Å². The van der Waals surface area contributed by atoms with Crippen LogP contribution in [-0.4, -0.2) is 27.6 Å². The number of nitrogens with zero attached hydrogens (tertiary/aromatic N) is 3. The molecule has 0 aliphatic rings. The molecule has 6 rings (SSSR count). The molecular formula is C38H36N4O4. The summed E-state index contributed by atoms with van der Waals surface area (Å²) in [7, 11) is 0. The van der Waals surface area contributed by atoms with Gasteiger partial charge in [0.25, 0.3) is 0 Å². The second-order valence-corrected chi connectivity index (χ2v) is 11.0. The summed E-state index contributed by atoms with van der Waals surface area (Å²) < 4.78 is 17.9. The van der Waals surface area contributed by atoms with E-state index in [1.807, 2.05) is 116 Å². The van der Waals surface area contributed by atoms with E-state index in [4.69, 9.17) is 13.6 Å². The number of carbonyl (C=O) groups is 1. The van der Waals surface area contributed by atoms with Crippen molar-refractivity contribution >= 4 is 11.5 Å². The molecule has 1 N–H and O–H groups in total. The van der Waals surface area contributed by atoms with Crippen LogP contribution in [0.4, 0.5) is 5.69 Å². The molecular weight excluding hydrogens is 576 g/mol. The van der Waals surface area contributed by atoms with Crippen LogP contribution in [0.5, 0.6) is 5.75 Å². The van der Waals surface area contributed by atoms with E-state index in [9.17, 15) is 4.79 Å². The zero-order chi connectivity index (χ0) is 31.7. The van der Waals surface area contributed by atoms with Crippen molar-refractivity contribution in [3.63, 3.8) is 0 Å². The Morgan fingerprint density at radius 2 is 1.50 bits per heavy atom. The fourth-order valence-electron chi connectivity index (χ4n) is 5.28. The molecule has 2 heterocycles. The van der Waals surface area contributed by atoms with Gasteiger partial charge in [0.1, 0.15) is 11.5 Å². The smallest absolute Gasteiger partial charge is 0.226 e. The first kappa shape index (κ1) is 30.5. The third-order valence-corrected chi connectivity index (χ3v) is 7.69. The maximum absolute atomic E-state index is 13.5. The summed E-state index contributed by atoms with van der Waals surface area (Å²) in [5.41, 5.74) is 4.77. The van der Waals surface area contributed by atoms with Gasteiger partial charge in [0.05, 0.1) is 24.8 Å². The molecule has 0 spiro atoms. The molecule has 6 aromatic rings. The molecule has 0 unspecified atom stereocenters. The van der Waals surface area contributed by atoms with Crippen LogP contribution in [0, 0.1) is 6.92 Å². The lowest BCUT2D eigenvalue weighted by atomic mass is 9.99. The molecule has 232 valence electrons. The van der Waals surface area contributed by atoms with Crippen molar-refractivity contribution in [2.45, 2.75) is 45.6 Å². The van der Waals surface area contributed by atoms with Crippen molar-refractivity contribution in [1.29, 1.82) is 0 Å². The van der Waals surface area contributed by atoms with Crippen LogP contribution in [0.25, 0.3) is 11.5 Å². The van der Waals surface area contributed by atoms with E-state index in [2.05, 4.69) is 27.4 Å². The monoisotopic (exact) mass is 612 g/mol. The van der Waals surface area contributed by atoms with Crippen molar-refractivity contribution in [2.75, 3.05) is 11.9 Å². The maximum atomic E-state index is 13.5. The van der Waals surface area contributed by atoms with Gasteiger partial charge in [-0.2, -0.15) is 0 Å². The van der Waals surface area contributed by atoms with Crippen LogP contribution in [0.1, 0.15) is 64.1 Å². The van der Waals surface area contributed by atoms with Gasteiger partial charge in [0.2, 0.25) is 17.7 Å². The van der Waals surface area contributed by atoms with Crippen molar-refractivity contribution < 1.29 is 18.4 Å². The zero-order valence-corrected chi connectivity index (χ0v) is 26.0. The molecule has 4 aromatic carbocycles. The van der Waals surface area contributed by atoms with E-state index in [1.54, 1.807) is 0 Å². The SMILES string of the molecule is CCCc1nnc(C[C@H](Nc2ccccc2C(=O)c2ccccc2)c2ccc(OCCc3nc(-c4ccccc4)oc3C)cc2)o1. The number of benzene rings is 4. The summed E-state index contributed by atoms with van der Waals surface area (Å²) in [6.07, 6.45) is 2.72. The topological polar surface area (TPSA) is 103 Å². The minimum Gasteiger partial charge on any atom is -0.493 e. The Morgan fingerprint density at radius 3 is 2.26 bits per heavy atom. The number of nitrogens with one attached hydrogen (secondary N) is 1. The van der Waals surface area contributed by atoms with E-state index < -0.39 is 0 Å². The second-order valence-electron chi connectivity index (χ2n) is 11.0. The fourth-order valence-corrected chi connectivity index (χ4v) is 5.28. The van der Waals surface area contributed by atoms with Crippen LogP contribution in [0.2, 0.25) is 0 Å². The number of aryl methyl sites for hydroxylation is 2. The third kappa shape index (κ3) is 7.41. The highest BCUT2D eigenvalue weighted by Gasteiger charge is 2.21. The molecule has 0 saturated heterocycles. The lowest BCUT2D eigenvalue weighted by molar-refractivity contribution is 0.103. The molecule has 0 fully saturated rings. The van der Waals surface area contributed by atoms with E-state index in [-0.39, 0.29) is 11.8 Å². The van der Waals surface area contributed by atoms with Gasteiger partial charge in [-0.3, -0.25) is 4.79 Å². The lowest BCUT2D eigenvalue weighted by Gasteiger charge is -2.21. The molecule has 0 radical (unpaired) electrons. The number of hydrogen-bond donors (Lipinski definition) is 1. The highest BCUT2D eigenvalue weighted by atomic mass is 16.5. The maximum Gasteiger partial charge on any atom is 0.226 e. The van der Waals surface area contributed by atoms with Gasteiger partial charge in [-0.25, -0.2) is 4.98 Å². The van der Waals surface area contributed by atoms with Gasteiger partial charge in [0.15, 0.2) is 5.78 Å². The Balaban J connectivity index is 1.18. The van der Waals surface area contributed by atoms with E-state index >= 15 is 0 Å². The van der Waals surface area contributed by atoms with Crippen molar-refractivity contribution in [1.82, 2.24) is 15.2 Å². The third-order valence-electron chi connectivity index (χ3n) is 7.69. The number of anilines is 1. The number of para-hydroxylation sites is 1. The Labute approximate surface area is 268 Å². The fraction of sp³-hybridized carbons (Fsp3) is 0.211. The highest BCUT2D eigenvalue weighted by molar-refractivity contribution is 6.12. The summed E-state index contributed by atoms with van der Waals surface area (Å²) in [6, 6.07) is 34.4. The number of aromatic nitrogens is 3. The Kier molecular flexibility index (Phi) is 9.63. The first-order valence-electron chi connectivity index (χ1n) is 15.6. The molecule has 0 aliphatic heterocycles. The van der Waals surface area contributed by atoms with E-state index in [1.165, 1.54) is 0 Å². The highest BCUT2D eigenvalue weighted by Crippen LogP contribution is 2.29. The van der Waals surface area contributed by atoms with E-state index in [0.29, 0.717) is 48.2 Å². The number of ether oxygens (including phenoxy) is 1. The molecule has 0 bridgehead atoms. The summed E-state index contributed by atoms with van der Waals surface area (Å²) in [6.45, 7) is 4.46. The zero-order valence-electron chi connectivity index (χ0n) is 26.0. The normalized spacial score (nSPS) is 11.7. The van der Waals surface area contributed by atoms with Crippen molar-refractivity contribution in [3.05, 3.63) is 149 Å². The second kappa shape index (κ2) is 14.5. The number of ketones is 1. The average molecular weight is 613 g/mol. The summed E-state index contributed by atoms with van der Waals surface area (Å²) in [5.74, 6) is 3.26. The van der Waals surface area contributed by atoms with Gasteiger partial charge in [-0.05, 0) is 55.3 Å². The van der Waals surface area contributed by atoms with Gasteiger partial charge in [-0.1, -0.05) is 79.7 Å². The quantitative estimate of drug-likeness (QED) is 0.123. The first-order valence-corrected chi connectivity index (χ1v) is 15.6. The molecule has 0 amide bonds. The Bertz CT molecular complexity index is 1860. The molecule has 0 saturated carbocycles. The van der Waals surface area contributed by atoms with E-state index in [0.717, 1.165) is 46.9 Å². The van der Waals surface area contributed by atoms with Gasteiger partial charge >= 0.3 is 0 Å². The lowest BCUT2D eigenvalue weighted by Crippen LogP contribution is -2.16. The first-order chi connectivity index (χ1) is 22.6. The average Bonchev–Trinajstić information content (AvgIpc) is 3.71. The molecule has 2 aromatic heterocycles. The van der Waals surface area contributed by atoms with Crippen LogP contribution < -0.4 is 10.1 Å². The van der Waals surface area contributed by atoms with Crippen molar-refractivity contribution in [2.24, 2.45) is 0 Å². The number of carbonyl (C=O) groups excluding carboxylic acids is 1. The summed E-state index contributed by atoms with van der Waals surface area (Å²) in [4.78, 5) is 18.1. The molecule has 46 heavy (non-hydrogen) atoms. The van der Waals surface area contributed by atoms with Crippen LogP contribution in [0.15, 0.2) is 118 Å². The van der Waals surface area contributed by atoms with Crippen LogP contribution in [0.3, 0.4) is 0 Å². The predicted molar refractivity (Wildman–Crippen MR) is 177 cm³/mol. The van der Waals surface area contributed by atoms with Crippen molar-refractivity contribution in [3.8, 4) is 17.2 Å². The standard InChI is InChI=1S/C38H36N4O4/c1-3-12-35-41-42-36(46-35)25-34(39-33-18-11-10-17-31(33)37(43)28-13-6-4-7-14-28)27-19-21-30(22-20-27)44-24-23-32-26(2)45-38(40-32)29-15-8-5-9-16-29/h4-11,13-22,34,39H,3,12,23-25H2,1-2H3/t34-/m0/s1. The minimum atomic E-state index is -0.247. The predicted octanol–water partition coefficient (Wildman–Crippen LogP) is 8.23. The van der Waals surface area contributed by atoms with Crippen LogP contribution in [-0.2, 0) is 19.3 Å². The van der Waals surface area contributed by atoms with Gasteiger partial charge < -0.3 is 18.9 Å². The Hall–Kier alpha value is -5.50. The molecule has 1 atom stereocenters. The number of hydrogen-bond acceptors (Lipinski definition) is 8. The summed E-state index contributed by atoms with van der Waals surface area (Å²) in [5, 5.41) is 12.1. The van der Waals surface area contributed by atoms with Gasteiger partial charge in [-0.15, -0.1) is 10.2 Å². The number of rotatable bonds is 14. The minimum absolute atomic E-state index is 0.0486. The number of oxazole rings is 1. The largest absolute Gasteiger partial charge is 0.493 e. The Morgan fingerprint density at radius 1 is 0.804 bits per heavy atom. The molecule has 8 heteroatoms. The molecule has 8 nitrogen and oxygen atoms in total. The molecule has 0 aliphatic carbocycles. The van der Waals surface area contributed by atoms with Gasteiger partial charge in [0, 0.05) is 35.2 Å².